The van der Waals surface area contributed by atoms with Gasteiger partial charge in [-0.05, 0) is 18.1 Å². The molecule has 2 heteroatoms. The molecule has 0 aromatic heterocycles. The lowest BCUT2D eigenvalue weighted by molar-refractivity contribution is 0.683. The Hall–Kier alpha value is 0.507. The monoisotopic (exact) mass is 262 g/mol. The molecule has 0 aromatic carbocycles. The van der Waals surface area contributed by atoms with Crippen molar-refractivity contribution >= 4 is 18.5 Å². The predicted molar refractivity (Wildman–Crippen MR) is 80.0 cm³/mol. The summed E-state index contributed by atoms with van der Waals surface area (Å²) in [6.07, 6.45) is 11.0. The van der Waals surface area contributed by atoms with Crippen LogP contribution in [-0.2, 0) is 0 Å². The standard InChI is InChI=1S/C14H31ClSi/c1-4-7-9-11-13-16(15,6-3)14-12-10-8-5-2/h4-14H2,1-3H3. The van der Waals surface area contributed by atoms with Crippen molar-refractivity contribution in [3.05, 3.63) is 0 Å². The van der Waals surface area contributed by atoms with Crippen molar-refractivity contribution in [3.8, 4) is 0 Å². The van der Waals surface area contributed by atoms with Crippen LogP contribution in [0.4, 0.5) is 0 Å². The molecule has 0 amide bonds. The summed E-state index contributed by atoms with van der Waals surface area (Å²) in [7, 11) is -1.35. The number of hydrogen-bond acceptors (Lipinski definition) is 0. The quantitative estimate of drug-likeness (QED) is 0.231. The minimum Gasteiger partial charge on any atom is -0.167 e. The van der Waals surface area contributed by atoms with E-state index in [9.17, 15) is 0 Å². The zero-order valence-electron chi connectivity index (χ0n) is 11.7. The van der Waals surface area contributed by atoms with Gasteiger partial charge in [0.15, 0.2) is 7.38 Å². The summed E-state index contributed by atoms with van der Waals surface area (Å²) in [5, 5.41) is 0. The minimum absolute atomic E-state index is 1.27. The Balaban J connectivity index is 3.64. The molecule has 0 atom stereocenters. The van der Waals surface area contributed by atoms with Gasteiger partial charge in [0, 0.05) is 0 Å². The molecule has 0 saturated heterocycles. The third kappa shape index (κ3) is 8.64. The van der Waals surface area contributed by atoms with Crippen molar-refractivity contribution in [1.29, 1.82) is 0 Å². The average molecular weight is 263 g/mol. The van der Waals surface area contributed by atoms with Crippen LogP contribution in [0.1, 0.15) is 72.1 Å². The zero-order valence-corrected chi connectivity index (χ0v) is 13.4. The predicted octanol–water partition coefficient (Wildman–Crippen LogP) is 6.35. The van der Waals surface area contributed by atoms with E-state index in [4.69, 9.17) is 11.1 Å². The maximum absolute atomic E-state index is 6.82. The summed E-state index contributed by atoms with van der Waals surface area (Å²) in [6.45, 7) is 6.85. The smallest absolute Gasteiger partial charge is 0.156 e. The third-order valence-corrected chi connectivity index (χ3v) is 9.29. The van der Waals surface area contributed by atoms with Crippen LogP contribution >= 0.6 is 11.1 Å². The van der Waals surface area contributed by atoms with E-state index >= 15 is 0 Å². The van der Waals surface area contributed by atoms with Crippen molar-refractivity contribution in [1.82, 2.24) is 0 Å². The Bertz CT molecular complexity index is 136. The Morgan fingerprint density at radius 2 is 1.12 bits per heavy atom. The highest BCUT2D eigenvalue weighted by molar-refractivity contribution is 7.20. The summed E-state index contributed by atoms with van der Waals surface area (Å²) in [5.74, 6) is 0. The fraction of sp³-hybridized carbons (Fsp3) is 1.00. The molecule has 0 radical (unpaired) electrons. The van der Waals surface area contributed by atoms with Gasteiger partial charge >= 0.3 is 0 Å². The molecule has 98 valence electrons. The van der Waals surface area contributed by atoms with Gasteiger partial charge in [-0.15, -0.1) is 0 Å². The molecule has 0 saturated carbocycles. The van der Waals surface area contributed by atoms with Gasteiger partial charge in [-0.25, -0.2) is 0 Å². The van der Waals surface area contributed by atoms with Crippen molar-refractivity contribution in [2.45, 2.75) is 90.3 Å². The van der Waals surface area contributed by atoms with E-state index in [0.717, 1.165) is 0 Å². The van der Waals surface area contributed by atoms with E-state index < -0.39 is 7.38 Å². The highest BCUT2D eigenvalue weighted by Crippen LogP contribution is 2.30. The molecule has 0 aromatic rings. The first kappa shape index (κ1) is 16.5. The van der Waals surface area contributed by atoms with Gasteiger partial charge in [0.05, 0.1) is 0 Å². The van der Waals surface area contributed by atoms with Gasteiger partial charge in [-0.3, -0.25) is 0 Å². The molecule has 0 aliphatic rings. The normalized spacial score (nSPS) is 12.0. The van der Waals surface area contributed by atoms with E-state index in [-0.39, 0.29) is 0 Å². The second-order valence-electron chi connectivity index (χ2n) is 5.13. The molecule has 0 spiro atoms. The van der Waals surface area contributed by atoms with Crippen LogP contribution in [0.5, 0.6) is 0 Å². The summed E-state index contributed by atoms with van der Waals surface area (Å²) in [6, 6.07) is 3.99. The lowest BCUT2D eigenvalue weighted by Crippen LogP contribution is -2.25. The minimum atomic E-state index is -1.35. The highest BCUT2D eigenvalue weighted by Gasteiger charge is 2.26. The summed E-state index contributed by atoms with van der Waals surface area (Å²) in [5.41, 5.74) is 0. The lowest BCUT2D eigenvalue weighted by atomic mass is 10.2. The second kappa shape index (κ2) is 10.6. The van der Waals surface area contributed by atoms with Crippen LogP contribution in [0.3, 0.4) is 0 Å². The van der Waals surface area contributed by atoms with Crippen molar-refractivity contribution in [3.63, 3.8) is 0 Å². The van der Waals surface area contributed by atoms with E-state index in [0.29, 0.717) is 0 Å². The van der Waals surface area contributed by atoms with Crippen LogP contribution in [0.2, 0.25) is 18.1 Å². The highest BCUT2D eigenvalue weighted by atomic mass is 35.6. The SMILES string of the molecule is CCCCCC[Si](Cl)(CC)CCCCCC. The third-order valence-electron chi connectivity index (χ3n) is 3.59. The van der Waals surface area contributed by atoms with Gasteiger partial charge in [-0.2, -0.15) is 11.1 Å². The Kier molecular flexibility index (Phi) is 11.0. The van der Waals surface area contributed by atoms with Crippen LogP contribution < -0.4 is 0 Å². The summed E-state index contributed by atoms with van der Waals surface area (Å²) < 4.78 is 0. The van der Waals surface area contributed by atoms with Crippen LogP contribution in [0, 0.1) is 0 Å². The lowest BCUT2D eigenvalue weighted by Gasteiger charge is -2.22. The van der Waals surface area contributed by atoms with Crippen molar-refractivity contribution in [2.24, 2.45) is 0 Å². The van der Waals surface area contributed by atoms with Gasteiger partial charge in [0.2, 0.25) is 0 Å². The fourth-order valence-electron chi connectivity index (χ4n) is 2.22. The molecule has 0 nitrogen and oxygen atoms in total. The van der Waals surface area contributed by atoms with Gasteiger partial charge in [0.25, 0.3) is 0 Å². The van der Waals surface area contributed by atoms with E-state index in [1.165, 1.54) is 69.5 Å². The molecule has 0 rings (SSSR count). The molecule has 0 aliphatic heterocycles. The fourth-order valence-corrected chi connectivity index (χ4v) is 5.74. The molecule has 0 aliphatic carbocycles. The van der Waals surface area contributed by atoms with Crippen molar-refractivity contribution < 1.29 is 0 Å². The number of hydrogen-bond donors (Lipinski definition) is 0. The summed E-state index contributed by atoms with van der Waals surface area (Å²) >= 11 is 6.82. The molecule has 0 fully saturated rings. The molecular formula is C14H31ClSi. The first-order valence-corrected chi connectivity index (χ1v) is 11.0. The van der Waals surface area contributed by atoms with Gasteiger partial charge < -0.3 is 0 Å². The second-order valence-corrected chi connectivity index (χ2v) is 11.5. The first-order valence-electron chi connectivity index (χ1n) is 7.37. The zero-order chi connectivity index (χ0) is 12.3. The molecule has 0 heterocycles. The van der Waals surface area contributed by atoms with Crippen LogP contribution in [-0.4, -0.2) is 7.38 Å². The molecule has 0 bridgehead atoms. The number of unbranched alkanes of at least 4 members (excludes halogenated alkanes) is 6. The Morgan fingerprint density at radius 3 is 1.44 bits per heavy atom. The largest absolute Gasteiger partial charge is 0.167 e. The first-order chi connectivity index (χ1) is 7.68. The van der Waals surface area contributed by atoms with E-state index in [1.807, 2.05) is 0 Å². The van der Waals surface area contributed by atoms with E-state index in [1.54, 1.807) is 0 Å². The molecular weight excluding hydrogens is 232 g/mol. The van der Waals surface area contributed by atoms with Crippen LogP contribution in [0.25, 0.3) is 0 Å². The molecule has 0 unspecified atom stereocenters. The summed E-state index contributed by atoms with van der Waals surface area (Å²) in [4.78, 5) is 0. The maximum atomic E-state index is 6.82. The number of halogens is 1. The maximum Gasteiger partial charge on any atom is 0.156 e. The van der Waals surface area contributed by atoms with E-state index in [2.05, 4.69) is 20.8 Å². The topological polar surface area (TPSA) is 0 Å². The average Bonchev–Trinajstić information content (AvgIpc) is 2.31. The van der Waals surface area contributed by atoms with Crippen molar-refractivity contribution in [2.75, 3.05) is 0 Å². The number of rotatable bonds is 11. The Labute approximate surface area is 109 Å². The Morgan fingerprint density at radius 1 is 0.688 bits per heavy atom. The van der Waals surface area contributed by atoms with Crippen LogP contribution in [0.15, 0.2) is 0 Å². The molecule has 16 heavy (non-hydrogen) atoms. The van der Waals surface area contributed by atoms with Gasteiger partial charge in [-0.1, -0.05) is 72.1 Å². The molecule has 0 N–H and O–H groups in total. The van der Waals surface area contributed by atoms with Gasteiger partial charge in [0.1, 0.15) is 0 Å².